The molecule has 0 spiro atoms. The van der Waals surface area contributed by atoms with E-state index >= 15 is 0 Å². The van der Waals surface area contributed by atoms with Crippen molar-refractivity contribution < 1.29 is 19.0 Å². The summed E-state index contributed by atoms with van der Waals surface area (Å²) in [6.45, 7) is 0. The predicted molar refractivity (Wildman–Crippen MR) is 108 cm³/mol. The van der Waals surface area contributed by atoms with Gasteiger partial charge in [0.15, 0.2) is 0 Å². The molecule has 0 radical (unpaired) electrons. The number of hydrogen-bond acceptors (Lipinski definition) is 9. The number of rotatable bonds is 7. The zero-order chi connectivity index (χ0) is 22.5. The largest absolute Gasteiger partial charge is 0.355 e. The smallest absolute Gasteiger partial charge is 0.334 e. The fraction of sp³-hybridized carbons (Fsp3) is 0. The highest BCUT2D eigenvalue weighted by atomic mass is 35.5. The summed E-state index contributed by atoms with van der Waals surface area (Å²) >= 11 is 5.70. The van der Waals surface area contributed by atoms with E-state index < -0.39 is 27.3 Å². The monoisotopic (exact) mass is 447 g/mol. The number of non-ortho nitro benzene ring substituents is 1. The van der Waals surface area contributed by atoms with E-state index in [1.807, 2.05) is 0 Å². The summed E-state index contributed by atoms with van der Waals surface area (Å²) in [7, 11) is 0. The molecule has 3 aromatic rings. The van der Waals surface area contributed by atoms with Crippen molar-refractivity contribution in [2.45, 2.75) is 0 Å². The highest BCUT2D eigenvalue weighted by Crippen LogP contribution is 2.31. The molecule has 0 fully saturated rings. The molecular weight excluding hydrogens is 437 g/mol. The lowest BCUT2D eigenvalue weighted by Crippen LogP contribution is -2.30. The zero-order valence-corrected chi connectivity index (χ0v) is 16.0. The quantitative estimate of drug-likeness (QED) is 0.362. The second kappa shape index (κ2) is 8.96. The summed E-state index contributed by atoms with van der Waals surface area (Å²) in [6.07, 6.45) is 0.988. The van der Waals surface area contributed by atoms with E-state index in [4.69, 9.17) is 11.6 Å². The van der Waals surface area contributed by atoms with Crippen molar-refractivity contribution >= 4 is 46.2 Å². The summed E-state index contributed by atoms with van der Waals surface area (Å²) in [5.74, 6) is -2.09. The molecule has 0 aliphatic heterocycles. The fourth-order valence-electron chi connectivity index (χ4n) is 2.39. The Balaban J connectivity index is 1.83. The molecule has 0 saturated carbocycles. The summed E-state index contributed by atoms with van der Waals surface area (Å²) < 4.78 is 13.3. The molecular formula is C17H11ClFN7O5. The number of nitrogens with zero attached hydrogens (tertiary/aromatic N) is 4. The minimum absolute atomic E-state index is 0.0577. The average Bonchev–Trinajstić information content (AvgIpc) is 2.74. The second-order valence-corrected chi connectivity index (χ2v) is 6.22. The van der Waals surface area contributed by atoms with Gasteiger partial charge < -0.3 is 5.32 Å². The van der Waals surface area contributed by atoms with Gasteiger partial charge in [0.25, 0.3) is 11.6 Å². The molecule has 12 nitrogen and oxygen atoms in total. The van der Waals surface area contributed by atoms with Gasteiger partial charge in [0.1, 0.15) is 12.1 Å². The van der Waals surface area contributed by atoms with E-state index in [9.17, 15) is 29.4 Å². The standard InChI is InChI=1S/C17H11ClFN7O5/c18-12-7-10(4-5-13(12)19)22-15-14(26(30)31)16(21-8-20-15)23-24-17(27)9-2-1-3-11(6-9)25(28)29/h1-8H,(H,24,27)(H2,20,21,22,23). The maximum absolute atomic E-state index is 13.3. The number of nitro benzene ring substituents is 1. The van der Waals surface area contributed by atoms with Crippen LogP contribution in [0.3, 0.4) is 0 Å². The second-order valence-electron chi connectivity index (χ2n) is 5.82. The highest BCUT2D eigenvalue weighted by molar-refractivity contribution is 6.31. The van der Waals surface area contributed by atoms with Crippen molar-refractivity contribution in [3.05, 3.63) is 85.4 Å². The Labute approximate surface area is 177 Å². The molecule has 14 heteroatoms. The van der Waals surface area contributed by atoms with Crippen molar-refractivity contribution in [2.24, 2.45) is 0 Å². The molecule has 3 rings (SSSR count). The van der Waals surface area contributed by atoms with Crippen molar-refractivity contribution in [3.8, 4) is 0 Å². The molecule has 0 bridgehead atoms. The summed E-state index contributed by atoms with van der Waals surface area (Å²) in [6, 6.07) is 8.45. The van der Waals surface area contributed by atoms with Gasteiger partial charge in [-0.05, 0) is 24.3 Å². The van der Waals surface area contributed by atoms with E-state index in [2.05, 4.69) is 26.1 Å². The first-order valence-electron chi connectivity index (χ1n) is 8.28. The van der Waals surface area contributed by atoms with Crippen LogP contribution in [0.4, 0.5) is 33.1 Å². The third-order valence-corrected chi connectivity index (χ3v) is 4.09. The molecule has 0 aliphatic rings. The Morgan fingerprint density at radius 2 is 1.77 bits per heavy atom. The minimum Gasteiger partial charge on any atom is -0.334 e. The van der Waals surface area contributed by atoms with Gasteiger partial charge in [0, 0.05) is 23.4 Å². The van der Waals surface area contributed by atoms with Crippen LogP contribution in [-0.4, -0.2) is 25.7 Å². The van der Waals surface area contributed by atoms with Crippen LogP contribution in [0.5, 0.6) is 0 Å². The Bertz CT molecular complexity index is 1190. The highest BCUT2D eigenvalue weighted by Gasteiger charge is 2.24. The zero-order valence-electron chi connectivity index (χ0n) is 15.2. The van der Waals surface area contributed by atoms with Crippen molar-refractivity contribution in [1.82, 2.24) is 15.4 Å². The third-order valence-electron chi connectivity index (χ3n) is 3.80. The number of amides is 1. The SMILES string of the molecule is O=C(NNc1ncnc(Nc2ccc(F)c(Cl)c2)c1[N+](=O)[O-])c1cccc([N+](=O)[O-])c1. The molecule has 0 atom stereocenters. The number of carbonyl (C=O) groups is 1. The average molecular weight is 448 g/mol. The number of carbonyl (C=O) groups excluding carboxylic acids is 1. The number of hydrogen-bond donors (Lipinski definition) is 3. The van der Waals surface area contributed by atoms with E-state index in [-0.39, 0.29) is 33.6 Å². The lowest BCUT2D eigenvalue weighted by molar-refractivity contribution is -0.384. The summed E-state index contributed by atoms with van der Waals surface area (Å²) in [4.78, 5) is 40.7. The number of benzene rings is 2. The fourth-order valence-corrected chi connectivity index (χ4v) is 2.57. The molecule has 1 amide bonds. The van der Waals surface area contributed by atoms with Crippen LogP contribution in [0.25, 0.3) is 0 Å². The Kier molecular flexibility index (Phi) is 6.16. The Morgan fingerprint density at radius 3 is 2.45 bits per heavy atom. The molecule has 0 saturated heterocycles. The Morgan fingerprint density at radius 1 is 1.03 bits per heavy atom. The van der Waals surface area contributed by atoms with Gasteiger partial charge in [0.05, 0.1) is 14.9 Å². The van der Waals surface area contributed by atoms with Crippen molar-refractivity contribution in [2.75, 3.05) is 10.7 Å². The molecule has 0 unspecified atom stereocenters. The van der Waals surface area contributed by atoms with Crippen molar-refractivity contribution in [3.63, 3.8) is 0 Å². The Hall–Kier alpha value is -4.39. The number of nitrogens with one attached hydrogen (secondary N) is 3. The van der Waals surface area contributed by atoms with E-state index in [0.29, 0.717) is 0 Å². The first-order valence-corrected chi connectivity index (χ1v) is 8.66. The van der Waals surface area contributed by atoms with E-state index in [1.54, 1.807) is 0 Å². The molecule has 1 heterocycles. The third kappa shape index (κ3) is 4.97. The number of anilines is 3. The van der Waals surface area contributed by atoms with Crippen LogP contribution in [-0.2, 0) is 0 Å². The molecule has 1 aromatic heterocycles. The molecule has 31 heavy (non-hydrogen) atoms. The number of aromatic nitrogens is 2. The summed E-state index contributed by atoms with van der Waals surface area (Å²) in [5, 5.41) is 24.8. The molecule has 0 aliphatic carbocycles. The number of nitro groups is 2. The summed E-state index contributed by atoms with van der Waals surface area (Å²) in [5.41, 5.74) is 3.72. The van der Waals surface area contributed by atoms with Gasteiger partial charge in [-0.3, -0.25) is 35.9 Å². The molecule has 2 aromatic carbocycles. The van der Waals surface area contributed by atoms with E-state index in [0.717, 1.165) is 18.5 Å². The minimum atomic E-state index is -0.796. The van der Waals surface area contributed by atoms with Gasteiger partial charge in [0.2, 0.25) is 11.6 Å². The maximum atomic E-state index is 13.3. The van der Waals surface area contributed by atoms with Crippen LogP contribution in [0.15, 0.2) is 48.8 Å². The molecule has 3 N–H and O–H groups in total. The number of halogens is 2. The lowest BCUT2D eigenvalue weighted by atomic mass is 10.2. The van der Waals surface area contributed by atoms with Crippen LogP contribution in [0.1, 0.15) is 10.4 Å². The van der Waals surface area contributed by atoms with Crippen molar-refractivity contribution in [1.29, 1.82) is 0 Å². The van der Waals surface area contributed by atoms with Gasteiger partial charge in [-0.25, -0.2) is 14.4 Å². The van der Waals surface area contributed by atoms with E-state index in [1.165, 1.54) is 30.3 Å². The van der Waals surface area contributed by atoms with Gasteiger partial charge in [-0.2, -0.15) is 0 Å². The lowest BCUT2D eigenvalue weighted by Gasteiger charge is -2.11. The first kappa shape index (κ1) is 21.3. The first-order chi connectivity index (χ1) is 14.8. The van der Waals surface area contributed by atoms with Crippen LogP contribution in [0.2, 0.25) is 5.02 Å². The predicted octanol–water partition coefficient (Wildman–Crippen LogP) is 3.59. The van der Waals surface area contributed by atoms with Gasteiger partial charge in [-0.1, -0.05) is 17.7 Å². The van der Waals surface area contributed by atoms with Crippen LogP contribution in [0, 0.1) is 26.0 Å². The topological polar surface area (TPSA) is 165 Å². The molecule has 158 valence electrons. The van der Waals surface area contributed by atoms with Crippen LogP contribution < -0.4 is 16.2 Å². The van der Waals surface area contributed by atoms with Crippen LogP contribution >= 0.6 is 11.6 Å². The number of hydrazine groups is 1. The maximum Gasteiger partial charge on any atom is 0.355 e. The normalized spacial score (nSPS) is 10.3. The van der Waals surface area contributed by atoms with Gasteiger partial charge in [-0.15, -0.1) is 0 Å². The van der Waals surface area contributed by atoms with Gasteiger partial charge >= 0.3 is 5.69 Å².